The maximum absolute atomic E-state index is 13.5. The molecule has 1 aliphatic rings. The first kappa shape index (κ1) is 27.7. The number of aliphatic hydroxyl groups excluding tert-OH is 1. The van der Waals surface area contributed by atoms with Crippen LogP contribution in [0.15, 0.2) is 54.6 Å². The molecule has 3 atom stereocenters. The molecule has 0 bridgehead atoms. The molecule has 8 heteroatoms. The highest BCUT2D eigenvalue weighted by atomic mass is 19.1. The van der Waals surface area contributed by atoms with Gasteiger partial charge in [0.05, 0.1) is 24.6 Å². The summed E-state index contributed by atoms with van der Waals surface area (Å²) >= 11 is 0. The predicted molar refractivity (Wildman–Crippen MR) is 143 cm³/mol. The van der Waals surface area contributed by atoms with Crippen LogP contribution in [0.4, 0.5) is 4.39 Å². The van der Waals surface area contributed by atoms with Gasteiger partial charge in [-0.2, -0.15) is 0 Å². The second-order valence-corrected chi connectivity index (χ2v) is 10.4. The number of hydrogen-bond donors (Lipinski definition) is 3. The third kappa shape index (κ3) is 6.20. The fraction of sp³-hybridized carbons (Fsp3) is 0.400. The Morgan fingerprint density at radius 3 is 2.50 bits per heavy atom. The second kappa shape index (κ2) is 11.2. The van der Waals surface area contributed by atoms with E-state index in [4.69, 9.17) is 14.5 Å². The average molecular weight is 523 g/mol. The van der Waals surface area contributed by atoms with Crippen molar-refractivity contribution in [3.63, 3.8) is 0 Å². The lowest BCUT2D eigenvalue weighted by atomic mass is 9.81. The molecule has 0 saturated carbocycles. The molecule has 1 unspecified atom stereocenters. The Kier molecular flexibility index (Phi) is 8.16. The SMILES string of the molecule is COc1cc(C(=O)CCC(C)(O)c2cc([C@]3(C)CCN3)cc(-c3ccc(F)cc3)n2)ccc1OC[C@@H](C)O. The number of Topliss-reactive ketones (excluding diaryl/α,β-unsaturated/α-hetero) is 1. The van der Waals surface area contributed by atoms with Crippen LogP contribution in [-0.4, -0.2) is 47.3 Å². The zero-order valence-electron chi connectivity index (χ0n) is 22.3. The first-order chi connectivity index (χ1) is 18.0. The summed E-state index contributed by atoms with van der Waals surface area (Å²) < 4.78 is 24.4. The van der Waals surface area contributed by atoms with Crippen LogP contribution in [0.3, 0.4) is 0 Å². The van der Waals surface area contributed by atoms with Crippen LogP contribution in [0.1, 0.15) is 61.6 Å². The maximum Gasteiger partial charge on any atom is 0.163 e. The predicted octanol–water partition coefficient (Wildman–Crippen LogP) is 4.74. The summed E-state index contributed by atoms with van der Waals surface area (Å²) in [6.45, 7) is 6.38. The number of methoxy groups -OCH3 is 1. The van der Waals surface area contributed by atoms with E-state index in [1.807, 2.05) is 12.1 Å². The number of hydrogen-bond acceptors (Lipinski definition) is 7. The standard InChI is InChI=1S/C30H35FN2O5/c1-19(34)18-38-26-10-7-21(15-27(26)37-4)25(35)11-12-30(3,36)28-17-22(29(2)13-14-32-29)16-24(33-28)20-5-8-23(31)9-6-20/h5-10,15-17,19,32,34,36H,11-14,18H2,1-4H3/t19-,29+,30?/m1/s1. The molecule has 4 rings (SSSR count). The van der Waals surface area contributed by atoms with Gasteiger partial charge in [-0.25, -0.2) is 9.37 Å². The molecule has 1 fully saturated rings. The number of aromatic nitrogens is 1. The Labute approximate surface area is 222 Å². The third-order valence-electron chi connectivity index (χ3n) is 7.10. The highest BCUT2D eigenvalue weighted by Gasteiger charge is 2.36. The van der Waals surface area contributed by atoms with Gasteiger partial charge >= 0.3 is 0 Å². The fourth-order valence-corrected chi connectivity index (χ4v) is 4.44. The van der Waals surface area contributed by atoms with Crippen LogP contribution in [0.2, 0.25) is 0 Å². The first-order valence-electron chi connectivity index (χ1n) is 12.8. The van der Waals surface area contributed by atoms with Crippen LogP contribution in [0, 0.1) is 5.82 Å². The van der Waals surface area contributed by atoms with E-state index < -0.39 is 11.7 Å². The number of nitrogens with one attached hydrogen (secondary N) is 1. The minimum absolute atomic E-state index is 0.0807. The lowest BCUT2D eigenvalue weighted by Crippen LogP contribution is -2.51. The summed E-state index contributed by atoms with van der Waals surface area (Å²) in [5.41, 5.74) is 1.62. The topological polar surface area (TPSA) is 101 Å². The third-order valence-corrected chi connectivity index (χ3v) is 7.10. The Morgan fingerprint density at radius 2 is 1.89 bits per heavy atom. The van der Waals surface area contributed by atoms with E-state index in [0.29, 0.717) is 28.5 Å². The van der Waals surface area contributed by atoms with Gasteiger partial charge in [0.2, 0.25) is 0 Å². The zero-order chi connectivity index (χ0) is 27.5. The summed E-state index contributed by atoms with van der Waals surface area (Å²) in [4.78, 5) is 17.8. The molecule has 2 heterocycles. The summed E-state index contributed by atoms with van der Waals surface area (Å²) in [7, 11) is 1.48. The molecule has 1 aromatic heterocycles. The number of nitrogens with zero attached hydrogens (tertiary/aromatic N) is 1. The number of ketones is 1. The minimum Gasteiger partial charge on any atom is -0.493 e. The Morgan fingerprint density at radius 1 is 1.18 bits per heavy atom. The molecule has 1 aliphatic heterocycles. The molecule has 0 radical (unpaired) electrons. The van der Waals surface area contributed by atoms with E-state index in [0.717, 1.165) is 24.1 Å². The van der Waals surface area contributed by atoms with E-state index in [2.05, 4.69) is 12.2 Å². The highest BCUT2D eigenvalue weighted by Crippen LogP contribution is 2.36. The van der Waals surface area contributed by atoms with Gasteiger partial charge in [-0.15, -0.1) is 0 Å². The Hall–Kier alpha value is -3.33. The van der Waals surface area contributed by atoms with Gasteiger partial charge in [-0.3, -0.25) is 4.79 Å². The molecule has 1 saturated heterocycles. The molecule has 3 aromatic rings. The molecule has 0 spiro atoms. The number of halogens is 1. The number of pyridine rings is 1. The molecular formula is C30H35FN2O5. The van der Waals surface area contributed by atoms with Crippen molar-refractivity contribution in [2.24, 2.45) is 0 Å². The van der Waals surface area contributed by atoms with Gasteiger partial charge in [-0.1, -0.05) is 0 Å². The summed E-state index contributed by atoms with van der Waals surface area (Å²) in [5, 5.41) is 24.4. The van der Waals surface area contributed by atoms with Crippen LogP contribution in [0.25, 0.3) is 11.3 Å². The van der Waals surface area contributed by atoms with Crippen molar-refractivity contribution >= 4 is 5.78 Å². The normalized spacial score (nSPS) is 19.2. The molecule has 202 valence electrons. The Bertz CT molecular complexity index is 1290. The molecule has 38 heavy (non-hydrogen) atoms. The van der Waals surface area contributed by atoms with Crippen LogP contribution >= 0.6 is 0 Å². The largest absolute Gasteiger partial charge is 0.493 e. The molecule has 0 aliphatic carbocycles. The van der Waals surface area contributed by atoms with Crippen LogP contribution in [-0.2, 0) is 11.1 Å². The van der Waals surface area contributed by atoms with Gasteiger partial charge in [0.15, 0.2) is 17.3 Å². The van der Waals surface area contributed by atoms with E-state index in [-0.39, 0.29) is 36.6 Å². The number of aliphatic hydroxyl groups is 2. The maximum atomic E-state index is 13.5. The first-order valence-corrected chi connectivity index (χ1v) is 12.8. The molecule has 0 amide bonds. The van der Waals surface area contributed by atoms with Crippen molar-refractivity contribution in [2.75, 3.05) is 20.3 Å². The van der Waals surface area contributed by atoms with Crippen molar-refractivity contribution in [1.29, 1.82) is 0 Å². The van der Waals surface area contributed by atoms with Gasteiger partial charge < -0.3 is 25.0 Å². The minimum atomic E-state index is -1.38. The number of rotatable bonds is 11. The summed E-state index contributed by atoms with van der Waals surface area (Å²) in [6, 6.07) is 14.9. The quantitative estimate of drug-likeness (QED) is 0.313. The monoisotopic (exact) mass is 522 g/mol. The van der Waals surface area contributed by atoms with Crippen molar-refractivity contribution in [2.45, 2.75) is 57.3 Å². The summed E-state index contributed by atoms with van der Waals surface area (Å²) in [5.74, 6) is 0.336. The lowest BCUT2D eigenvalue weighted by molar-refractivity contribution is 0.0395. The lowest BCUT2D eigenvalue weighted by Gasteiger charge is -2.41. The number of carbonyl (C=O) groups is 1. The van der Waals surface area contributed by atoms with Gasteiger partial charge in [0.25, 0.3) is 0 Å². The van der Waals surface area contributed by atoms with E-state index >= 15 is 0 Å². The molecular weight excluding hydrogens is 487 g/mol. The van der Waals surface area contributed by atoms with Crippen molar-refractivity contribution in [3.8, 4) is 22.8 Å². The Balaban J connectivity index is 1.56. The van der Waals surface area contributed by atoms with E-state index in [1.54, 1.807) is 44.2 Å². The highest BCUT2D eigenvalue weighted by molar-refractivity contribution is 5.96. The van der Waals surface area contributed by atoms with Gasteiger partial charge in [-0.05, 0) is 100 Å². The number of benzene rings is 2. The number of ether oxygens (including phenoxy) is 2. The van der Waals surface area contributed by atoms with E-state index in [1.165, 1.54) is 19.2 Å². The zero-order valence-corrected chi connectivity index (χ0v) is 22.3. The second-order valence-electron chi connectivity index (χ2n) is 10.4. The molecule has 3 N–H and O–H groups in total. The molecule has 2 aromatic carbocycles. The smallest absolute Gasteiger partial charge is 0.163 e. The fourth-order valence-electron chi connectivity index (χ4n) is 4.44. The van der Waals surface area contributed by atoms with Crippen LogP contribution < -0.4 is 14.8 Å². The number of carbonyl (C=O) groups excluding carboxylic acids is 1. The van der Waals surface area contributed by atoms with Crippen molar-refractivity contribution in [1.82, 2.24) is 10.3 Å². The van der Waals surface area contributed by atoms with Crippen molar-refractivity contribution in [3.05, 3.63) is 77.2 Å². The van der Waals surface area contributed by atoms with Gasteiger partial charge in [0.1, 0.15) is 18.0 Å². The van der Waals surface area contributed by atoms with E-state index in [9.17, 15) is 19.4 Å². The average Bonchev–Trinajstić information content (AvgIpc) is 2.89. The summed E-state index contributed by atoms with van der Waals surface area (Å²) in [6.07, 6.45) is 0.537. The van der Waals surface area contributed by atoms with Crippen LogP contribution in [0.5, 0.6) is 11.5 Å². The molecule has 7 nitrogen and oxygen atoms in total. The van der Waals surface area contributed by atoms with Gasteiger partial charge in [0, 0.05) is 23.1 Å². The van der Waals surface area contributed by atoms with Crippen molar-refractivity contribution < 1.29 is 28.9 Å².